The number of morpholine rings is 1. The zero-order valence-electron chi connectivity index (χ0n) is 40.9. The number of carbonyl (C=O) groups excluding carboxylic acids is 1. The number of rotatable bonds is 21. The summed E-state index contributed by atoms with van der Waals surface area (Å²) in [7, 11) is -15.5. The predicted molar refractivity (Wildman–Crippen MR) is 279 cm³/mol. The number of nitrogens with zero attached hydrogens (tertiary/aromatic N) is 2. The number of anilines is 2. The van der Waals surface area contributed by atoms with Crippen LogP contribution in [0.1, 0.15) is 62.1 Å². The molecule has 0 spiro atoms. The van der Waals surface area contributed by atoms with Crippen LogP contribution in [-0.2, 0) is 42.9 Å². The van der Waals surface area contributed by atoms with E-state index in [9.17, 15) is 44.3 Å². The van der Waals surface area contributed by atoms with Gasteiger partial charge in [0.25, 0.3) is 25.8 Å². The first-order chi connectivity index (χ1) is 35.0. The van der Waals surface area contributed by atoms with E-state index in [0.717, 1.165) is 33.7 Å². The lowest BCUT2D eigenvalue weighted by atomic mass is 9.84. The van der Waals surface area contributed by atoms with Gasteiger partial charge >= 0.3 is 13.3 Å². The van der Waals surface area contributed by atoms with E-state index in [1.54, 1.807) is 45.0 Å². The lowest BCUT2D eigenvalue weighted by Crippen LogP contribution is -2.39. The van der Waals surface area contributed by atoms with Crippen LogP contribution < -0.4 is 14.9 Å². The fourth-order valence-electron chi connectivity index (χ4n) is 8.61. The third-order valence-electron chi connectivity index (χ3n) is 12.3. The highest BCUT2D eigenvalue weighted by molar-refractivity contribution is 7.99. The summed E-state index contributed by atoms with van der Waals surface area (Å²) in [5, 5.41) is 3.55. The number of amides is 1. The fourth-order valence-corrected chi connectivity index (χ4v) is 12.7. The van der Waals surface area contributed by atoms with Crippen LogP contribution in [0.2, 0.25) is 5.02 Å². The molecule has 400 valence electrons. The first-order valence-electron chi connectivity index (χ1n) is 23.7. The van der Waals surface area contributed by atoms with Gasteiger partial charge in [0.15, 0.2) is 6.79 Å². The van der Waals surface area contributed by atoms with Crippen molar-refractivity contribution in [3.8, 4) is 11.1 Å². The summed E-state index contributed by atoms with van der Waals surface area (Å²) in [6, 6.07) is 32.2. The molecule has 5 aromatic rings. The zero-order chi connectivity index (χ0) is 53.3. The maximum Gasteiger partial charge on any atom is 0.501 e. The van der Waals surface area contributed by atoms with Gasteiger partial charge < -0.3 is 24.6 Å². The second kappa shape index (κ2) is 24.7. The molecule has 1 unspecified atom stereocenters. The van der Waals surface area contributed by atoms with Crippen molar-refractivity contribution in [1.82, 2.24) is 9.62 Å². The number of carbonyl (C=O) groups is 1. The Balaban J connectivity index is 1.04. The molecule has 5 aromatic carbocycles. The van der Waals surface area contributed by atoms with Gasteiger partial charge in [-0.1, -0.05) is 66.2 Å². The molecule has 0 saturated carbocycles. The van der Waals surface area contributed by atoms with Gasteiger partial charge in [-0.15, -0.1) is 11.8 Å². The van der Waals surface area contributed by atoms with Crippen molar-refractivity contribution in [2.75, 3.05) is 68.7 Å². The van der Waals surface area contributed by atoms with Gasteiger partial charge in [0.2, 0.25) is 0 Å². The smallest absolute Gasteiger partial charge is 0.380 e. The van der Waals surface area contributed by atoms with Crippen LogP contribution in [0, 0.1) is 5.92 Å². The predicted octanol–water partition coefficient (Wildman–Crippen LogP) is 10.6. The van der Waals surface area contributed by atoms with Crippen molar-refractivity contribution in [1.29, 1.82) is 0 Å². The number of hydrogen-bond acceptors (Lipinski definition) is 14. The van der Waals surface area contributed by atoms with E-state index < -0.39 is 79.1 Å². The summed E-state index contributed by atoms with van der Waals surface area (Å²) < 4.78 is 133. The summed E-state index contributed by atoms with van der Waals surface area (Å²) in [6.45, 7) is 8.29. The molecule has 2 fully saturated rings. The van der Waals surface area contributed by atoms with Crippen molar-refractivity contribution in [3.05, 3.63) is 137 Å². The molecule has 2 aliphatic heterocycles. The third-order valence-corrected chi connectivity index (χ3v) is 17.8. The van der Waals surface area contributed by atoms with E-state index in [-0.39, 0.29) is 11.5 Å². The van der Waals surface area contributed by atoms with Crippen LogP contribution in [0.4, 0.5) is 24.5 Å². The number of hydrogen-bond donors (Lipinski definition) is 3. The SMILES string of the molecule is CC(C)(C)OP(=O)(O)OCO[C@@H](c1ccccc1-c1ccc(Cl)cc1)C1CCN(c2ccc(C(=O)NS(=O)(=O)c3ccc(N[C@H](CCN4CCOCC4)CSc4ccccc4)c(S(=O)(=O)C(F)(F)F)c3)cc2)CC1. The molecule has 3 N–H and O–H groups in total. The Labute approximate surface area is 439 Å². The van der Waals surface area contributed by atoms with Crippen molar-refractivity contribution >= 4 is 68.3 Å². The quantitative estimate of drug-likeness (QED) is 0.0357. The van der Waals surface area contributed by atoms with E-state index in [1.165, 1.54) is 23.9 Å². The van der Waals surface area contributed by atoms with Crippen molar-refractivity contribution in [2.24, 2.45) is 5.92 Å². The van der Waals surface area contributed by atoms with Gasteiger partial charge in [0.05, 0.1) is 35.5 Å². The first kappa shape index (κ1) is 57.2. The highest BCUT2D eigenvalue weighted by Crippen LogP contribution is 2.48. The van der Waals surface area contributed by atoms with Crippen LogP contribution in [0.25, 0.3) is 11.1 Å². The second-order valence-corrected chi connectivity index (χ2v) is 25.2. The monoisotopic (exact) mass is 1120 g/mol. The average molecular weight is 1120 g/mol. The Hall–Kier alpha value is -4.51. The van der Waals surface area contributed by atoms with Crippen LogP contribution in [-0.4, -0.2) is 108 Å². The lowest BCUT2D eigenvalue weighted by Gasteiger charge is -2.38. The molecule has 0 aliphatic carbocycles. The number of halogens is 4. The molecule has 3 atom stereocenters. The summed E-state index contributed by atoms with van der Waals surface area (Å²) >= 11 is 7.63. The lowest BCUT2D eigenvalue weighted by molar-refractivity contribution is -0.0830. The number of ether oxygens (including phenoxy) is 2. The van der Waals surface area contributed by atoms with E-state index in [0.29, 0.717) is 87.7 Å². The molecule has 7 rings (SSSR count). The standard InChI is InChI=1S/C51H59ClF3N4O11PS3/c1-50(2,3)70-71(61,62)69-35-68-48(45-12-8-7-11-44(45)36-13-17-39(52)18-14-36)37-23-27-59(28-24-37)41-19-15-38(16-20-41)49(60)57-74(65,66)43-21-22-46(47(33-43)73(63,64)51(53,54)55)56-40(25-26-58-29-31-67-32-30-58)34-72-42-9-5-4-6-10-42/h4-22,33,37,40,48,56H,23-32,34-35H2,1-3H3,(H,57,60)(H,61,62)/t40-,48-/m1/s1. The van der Waals surface area contributed by atoms with Gasteiger partial charge in [0, 0.05) is 65.7 Å². The molecule has 74 heavy (non-hydrogen) atoms. The molecule has 0 radical (unpaired) electrons. The Bertz CT molecular complexity index is 2960. The Kier molecular flexibility index (Phi) is 19.1. The van der Waals surface area contributed by atoms with E-state index in [1.807, 2.05) is 71.5 Å². The van der Waals surface area contributed by atoms with Crippen LogP contribution in [0.5, 0.6) is 0 Å². The highest BCUT2D eigenvalue weighted by atomic mass is 35.5. The van der Waals surface area contributed by atoms with Crippen molar-refractivity contribution in [3.63, 3.8) is 0 Å². The number of benzene rings is 5. The van der Waals surface area contributed by atoms with Crippen LogP contribution in [0.3, 0.4) is 0 Å². The zero-order valence-corrected chi connectivity index (χ0v) is 45.0. The number of sulfonamides is 1. The minimum Gasteiger partial charge on any atom is -0.380 e. The van der Waals surface area contributed by atoms with Gasteiger partial charge in [-0.05, 0) is 129 Å². The number of phosphoric ester groups is 1. The first-order valence-corrected chi connectivity index (χ1v) is 29.6. The van der Waals surface area contributed by atoms with Crippen molar-refractivity contribution in [2.45, 2.75) is 78.0 Å². The van der Waals surface area contributed by atoms with Crippen molar-refractivity contribution < 1.29 is 62.8 Å². The number of thioether (sulfide) groups is 1. The Morgan fingerprint density at radius 3 is 2.18 bits per heavy atom. The second-order valence-electron chi connectivity index (χ2n) is 18.7. The fraction of sp³-hybridized carbons (Fsp3) is 0.392. The number of nitrogens with one attached hydrogen (secondary N) is 2. The van der Waals surface area contributed by atoms with Gasteiger partial charge in [-0.3, -0.25) is 18.7 Å². The third kappa shape index (κ3) is 15.6. The van der Waals surface area contributed by atoms with Gasteiger partial charge in [-0.2, -0.15) is 13.2 Å². The minimum absolute atomic E-state index is 0.0865. The highest BCUT2D eigenvalue weighted by Gasteiger charge is 2.48. The number of alkyl halides is 3. The normalized spacial score (nSPS) is 17.1. The minimum atomic E-state index is -6.11. The maximum atomic E-state index is 14.3. The molecule has 2 saturated heterocycles. The Morgan fingerprint density at radius 1 is 0.878 bits per heavy atom. The molecule has 15 nitrogen and oxygen atoms in total. The molecule has 0 bridgehead atoms. The largest absolute Gasteiger partial charge is 0.501 e. The Morgan fingerprint density at radius 2 is 1.53 bits per heavy atom. The summed E-state index contributed by atoms with van der Waals surface area (Å²) in [5.41, 5.74) is -3.96. The number of phosphoric acid groups is 1. The molecular weight excluding hydrogens is 1060 g/mol. The topological polar surface area (TPSA) is 190 Å². The molecule has 2 heterocycles. The molecule has 2 aliphatic rings. The van der Waals surface area contributed by atoms with E-state index in [4.69, 9.17) is 30.1 Å². The molecule has 23 heteroatoms. The van der Waals surface area contributed by atoms with Gasteiger partial charge in [-0.25, -0.2) is 26.1 Å². The average Bonchev–Trinajstić information content (AvgIpc) is 3.36. The molecular formula is C51H59ClF3N4O11PS3. The summed E-state index contributed by atoms with van der Waals surface area (Å²) in [4.78, 5) is 26.8. The van der Waals surface area contributed by atoms with Crippen LogP contribution >= 0.6 is 31.2 Å². The maximum absolute atomic E-state index is 14.3. The summed E-state index contributed by atoms with van der Waals surface area (Å²) in [6.07, 6.45) is 1.02. The molecule has 1 amide bonds. The van der Waals surface area contributed by atoms with E-state index >= 15 is 0 Å². The number of sulfone groups is 1. The number of piperidine rings is 1. The van der Waals surface area contributed by atoms with Crippen LogP contribution in [0.15, 0.2) is 136 Å². The van der Waals surface area contributed by atoms with E-state index in [2.05, 4.69) is 15.1 Å². The molecule has 0 aromatic heterocycles. The summed E-state index contributed by atoms with van der Waals surface area (Å²) in [5.74, 6) is -0.858. The van der Waals surface area contributed by atoms with Gasteiger partial charge in [0.1, 0.15) is 4.90 Å².